The smallest absolute Gasteiger partial charge is 0.229 e. The van der Waals surface area contributed by atoms with Crippen LogP contribution in [0.25, 0.3) is 0 Å². The van der Waals surface area contributed by atoms with E-state index in [1.165, 1.54) is 38.4 Å². The third kappa shape index (κ3) is 6.18. The molecule has 1 aliphatic rings. The Morgan fingerprint density at radius 2 is 1.93 bits per heavy atom. The van der Waals surface area contributed by atoms with Gasteiger partial charge in [0.05, 0.1) is 4.47 Å². The molecule has 144 valence electrons. The average Bonchev–Trinajstić information content (AvgIpc) is 3.16. The summed E-state index contributed by atoms with van der Waals surface area (Å²) in [7, 11) is 0. The second-order valence-corrected chi connectivity index (χ2v) is 7.46. The van der Waals surface area contributed by atoms with Crippen LogP contribution in [0.5, 0.6) is 0 Å². The Labute approximate surface area is 168 Å². The highest BCUT2D eigenvalue weighted by Gasteiger charge is 2.11. The zero-order valence-corrected chi connectivity index (χ0v) is 17.1. The molecule has 0 atom stereocenters. The van der Waals surface area contributed by atoms with E-state index in [2.05, 4.69) is 71.0 Å². The van der Waals surface area contributed by atoms with Crippen LogP contribution in [-0.4, -0.2) is 47.0 Å². The molecule has 27 heavy (non-hydrogen) atoms. The van der Waals surface area contributed by atoms with Crippen molar-refractivity contribution in [3.63, 3.8) is 0 Å². The van der Waals surface area contributed by atoms with Crippen LogP contribution in [0.15, 0.2) is 34.9 Å². The Morgan fingerprint density at radius 3 is 2.63 bits per heavy atom. The van der Waals surface area contributed by atoms with Crippen LogP contribution in [0.2, 0.25) is 0 Å². The summed E-state index contributed by atoms with van der Waals surface area (Å²) in [5.74, 6) is 1.16. The van der Waals surface area contributed by atoms with Crippen molar-refractivity contribution >= 4 is 39.3 Å². The first-order valence-corrected chi connectivity index (χ1v) is 9.98. The number of anilines is 3. The van der Waals surface area contributed by atoms with E-state index in [4.69, 9.17) is 0 Å². The van der Waals surface area contributed by atoms with Crippen LogP contribution in [0.1, 0.15) is 25.3 Å². The maximum Gasteiger partial charge on any atom is 0.229 e. The number of hydrogen-bond acceptors (Lipinski definition) is 6. The van der Waals surface area contributed by atoms with Crippen LogP contribution < -0.4 is 16.0 Å². The van der Waals surface area contributed by atoms with Crippen LogP contribution in [0, 0.1) is 0 Å². The highest BCUT2D eigenvalue weighted by Crippen LogP contribution is 2.22. The molecule has 7 nitrogen and oxygen atoms in total. The van der Waals surface area contributed by atoms with Gasteiger partial charge in [-0.25, -0.2) is 4.98 Å². The molecular formula is C19H25BrN6O. The molecule has 2 aromatic rings. The SMILES string of the molecule is CC(=O)NCCNc1nc(Nc2ccc(CN3CCCC3)cc2)ncc1Br. The molecule has 0 aliphatic carbocycles. The maximum absolute atomic E-state index is 10.9. The third-order valence-corrected chi connectivity index (χ3v) is 4.93. The first kappa shape index (κ1) is 19.6. The molecule has 3 N–H and O–H groups in total. The molecule has 1 fully saturated rings. The summed E-state index contributed by atoms with van der Waals surface area (Å²) in [6, 6.07) is 8.40. The van der Waals surface area contributed by atoms with Gasteiger partial charge in [-0.15, -0.1) is 0 Å². The first-order chi connectivity index (χ1) is 13.1. The first-order valence-electron chi connectivity index (χ1n) is 9.19. The average molecular weight is 433 g/mol. The molecule has 0 saturated carbocycles. The Balaban J connectivity index is 1.56. The van der Waals surface area contributed by atoms with Gasteiger partial charge in [-0.05, 0) is 59.6 Å². The summed E-state index contributed by atoms with van der Waals surface area (Å²) >= 11 is 3.44. The van der Waals surface area contributed by atoms with Gasteiger partial charge in [0.25, 0.3) is 0 Å². The van der Waals surface area contributed by atoms with Gasteiger partial charge in [0.15, 0.2) is 0 Å². The van der Waals surface area contributed by atoms with Gasteiger partial charge in [0.2, 0.25) is 11.9 Å². The third-order valence-electron chi connectivity index (χ3n) is 4.35. The number of rotatable bonds is 8. The summed E-state index contributed by atoms with van der Waals surface area (Å²) in [5.41, 5.74) is 2.27. The molecular weight excluding hydrogens is 408 g/mol. The molecule has 0 bridgehead atoms. The highest BCUT2D eigenvalue weighted by atomic mass is 79.9. The maximum atomic E-state index is 10.9. The molecule has 1 saturated heterocycles. The summed E-state index contributed by atoms with van der Waals surface area (Å²) in [4.78, 5) is 22.2. The molecule has 1 aliphatic heterocycles. The van der Waals surface area contributed by atoms with E-state index >= 15 is 0 Å². The minimum atomic E-state index is -0.0471. The standard InChI is InChI=1S/C19H25BrN6O/c1-14(27)21-8-9-22-18-17(20)12-23-19(25-18)24-16-6-4-15(5-7-16)13-26-10-2-3-11-26/h4-7,12H,2-3,8-11,13H2,1H3,(H,21,27)(H2,22,23,24,25). The zero-order chi connectivity index (χ0) is 19.1. The highest BCUT2D eigenvalue weighted by molar-refractivity contribution is 9.10. The van der Waals surface area contributed by atoms with Gasteiger partial charge >= 0.3 is 0 Å². The lowest BCUT2D eigenvalue weighted by Crippen LogP contribution is -2.26. The molecule has 3 rings (SSSR count). The number of aromatic nitrogens is 2. The lowest BCUT2D eigenvalue weighted by Gasteiger charge is -2.15. The molecule has 1 aromatic carbocycles. The topological polar surface area (TPSA) is 82.2 Å². The van der Waals surface area contributed by atoms with E-state index in [0.717, 1.165) is 16.7 Å². The van der Waals surface area contributed by atoms with E-state index in [-0.39, 0.29) is 5.91 Å². The lowest BCUT2D eigenvalue weighted by atomic mass is 10.2. The Kier molecular flexibility index (Phi) is 7.00. The van der Waals surface area contributed by atoms with E-state index < -0.39 is 0 Å². The number of hydrogen-bond donors (Lipinski definition) is 3. The number of benzene rings is 1. The number of likely N-dealkylation sites (tertiary alicyclic amines) is 1. The zero-order valence-electron chi connectivity index (χ0n) is 15.5. The number of nitrogens with one attached hydrogen (secondary N) is 3. The minimum Gasteiger partial charge on any atom is -0.367 e. The minimum absolute atomic E-state index is 0.0471. The number of carbonyl (C=O) groups excluding carboxylic acids is 1. The van der Waals surface area contributed by atoms with Gasteiger partial charge in [-0.3, -0.25) is 9.69 Å². The second-order valence-electron chi connectivity index (χ2n) is 6.61. The Morgan fingerprint density at radius 1 is 1.19 bits per heavy atom. The van der Waals surface area contributed by atoms with Gasteiger partial charge < -0.3 is 16.0 Å². The fraction of sp³-hybridized carbons (Fsp3) is 0.421. The summed E-state index contributed by atoms with van der Waals surface area (Å²) in [5, 5.41) is 9.16. The van der Waals surface area contributed by atoms with Crippen molar-refractivity contribution in [2.45, 2.75) is 26.3 Å². The van der Waals surface area contributed by atoms with Gasteiger partial charge in [-0.1, -0.05) is 12.1 Å². The van der Waals surface area contributed by atoms with Crippen molar-refractivity contribution in [1.29, 1.82) is 0 Å². The van der Waals surface area contributed by atoms with Crippen molar-refractivity contribution < 1.29 is 4.79 Å². The Hall–Kier alpha value is -2.19. The van der Waals surface area contributed by atoms with Gasteiger partial charge in [0, 0.05) is 38.4 Å². The van der Waals surface area contributed by atoms with Crippen molar-refractivity contribution in [2.24, 2.45) is 0 Å². The molecule has 8 heteroatoms. The molecule has 2 heterocycles. The van der Waals surface area contributed by atoms with Crippen molar-refractivity contribution in [1.82, 2.24) is 20.2 Å². The van der Waals surface area contributed by atoms with Gasteiger partial charge in [-0.2, -0.15) is 4.98 Å². The second kappa shape index (κ2) is 9.66. The fourth-order valence-electron chi connectivity index (χ4n) is 2.99. The van der Waals surface area contributed by atoms with Crippen molar-refractivity contribution in [3.05, 3.63) is 40.5 Å². The normalized spacial score (nSPS) is 14.1. The predicted molar refractivity (Wildman–Crippen MR) is 111 cm³/mol. The number of amides is 1. The van der Waals surface area contributed by atoms with Crippen LogP contribution in [0.4, 0.5) is 17.5 Å². The summed E-state index contributed by atoms with van der Waals surface area (Å²) in [6.07, 6.45) is 4.32. The number of nitrogens with zero attached hydrogens (tertiary/aromatic N) is 3. The lowest BCUT2D eigenvalue weighted by molar-refractivity contribution is -0.118. The van der Waals surface area contributed by atoms with E-state index in [0.29, 0.717) is 24.9 Å². The molecule has 1 aromatic heterocycles. The van der Waals surface area contributed by atoms with Crippen LogP contribution >= 0.6 is 15.9 Å². The quantitative estimate of drug-likeness (QED) is 0.555. The molecule has 0 spiro atoms. The monoisotopic (exact) mass is 432 g/mol. The largest absolute Gasteiger partial charge is 0.367 e. The Bertz CT molecular complexity index is 761. The molecule has 1 amide bonds. The van der Waals surface area contributed by atoms with Crippen molar-refractivity contribution in [3.8, 4) is 0 Å². The molecule has 0 unspecified atom stereocenters. The van der Waals surface area contributed by atoms with E-state index in [1.54, 1.807) is 6.20 Å². The number of carbonyl (C=O) groups is 1. The van der Waals surface area contributed by atoms with E-state index in [1.807, 2.05) is 0 Å². The van der Waals surface area contributed by atoms with Gasteiger partial charge in [0.1, 0.15) is 5.82 Å². The van der Waals surface area contributed by atoms with Crippen molar-refractivity contribution in [2.75, 3.05) is 36.8 Å². The summed E-state index contributed by atoms with van der Waals surface area (Å²) in [6.45, 7) is 6.03. The number of halogens is 1. The fourth-order valence-corrected chi connectivity index (χ4v) is 3.32. The van der Waals surface area contributed by atoms with Crippen LogP contribution in [-0.2, 0) is 11.3 Å². The summed E-state index contributed by atoms with van der Waals surface area (Å²) < 4.78 is 0.775. The molecule has 0 radical (unpaired) electrons. The van der Waals surface area contributed by atoms with Crippen LogP contribution in [0.3, 0.4) is 0 Å². The van der Waals surface area contributed by atoms with E-state index in [9.17, 15) is 4.79 Å². The predicted octanol–water partition coefficient (Wildman–Crippen LogP) is 3.13.